The van der Waals surface area contributed by atoms with E-state index in [0.29, 0.717) is 17.8 Å². The highest BCUT2D eigenvalue weighted by molar-refractivity contribution is 7.92. The normalized spacial score (nSPS) is 11.2. The van der Waals surface area contributed by atoms with Crippen LogP contribution in [0.25, 0.3) is 0 Å². The number of rotatable bonds is 8. The van der Waals surface area contributed by atoms with Crippen LogP contribution in [0.2, 0.25) is 0 Å². The molecule has 0 radical (unpaired) electrons. The zero-order valence-electron chi connectivity index (χ0n) is 15.5. The van der Waals surface area contributed by atoms with Gasteiger partial charge < -0.3 is 9.73 Å². The van der Waals surface area contributed by atoms with E-state index >= 15 is 0 Å². The maximum atomic E-state index is 12.4. The minimum Gasteiger partial charge on any atom is -0.469 e. The summed E-state index contributed by atoms with van der Waals surface area (Å²) < 4.78 is 32.6. The smallest absolute Gasteiger partial charge is 0.261 e. The van der Waals surface area contributed by atoms with Gasteiger partial charge >= 0.3 is 0 Å². The predicted molar refractivity (Wildman–Crippen MR) is 108 cm³/mol. The Morgan fingerprint density at radius 3 is 2.36 bits per heavy atom. The van der Waals surface area contributed by atoms with Crippen LogP contribution >= 0.6 is 0 Å². The topological polar surface area (TPSA) is 88.4 Å². The molecule has 0 saturated heterocycles. The van der Waals surface area contributed by atoms with Crippen molar-refractivity contribution in [1.82, 2.24) is 5.32 Å². The highest BCUT2D eigenvalue weighted by Crippen LogP contribution is 2.17. The van der Waals surface area contributed by atoms with Gasteiger partial charge in [0.2, 0.25) is 0 Å². The summed E-state index contributed by atoms with van der Waals surface area (Å²) in [7, 11) is -3.66. The lowest BCUT2D eigenvalue weighted by Crippen LogP contribution is -2.24. The maximum absolute atomic E-state index is 12.4. The summed E-state index contributed by atoms with van der Waals surface area (Å²) in [6, 6.07) is 16.7. The van der Waals surface area contributed by atoms with Crippen LogP contribution in [-0.4, -0.2) is 20.9 Å². The van der Waals surface area contributed by atoms with Crippen LogP contribution in [0.15, 0.2) is 76.2 Å². The fourth-order valence-corrected chi connectivity index (χ4v) is 3.70. The number of nitrogens with one attached hydrogen (secondary N) is 2. The molecule has 2 aromatic carbocycles. The van der Waals surface area contributed by atoms with E-state index < -0.39 is 10.0 Å². The second-order valence-electron chi connectivity index (χ2n) is 6.43. The molecule has 1 aromatic heterocycles. The lowest BCUT2D eigenvalue weighted by Gasteiger charge is -2.09. The van der Waals surface area contributed by atoms with Gasteiger partial charge in [-0.15, -0.1) is 0 Å². The Hall–Kier alpha value is -3.06. The van der Waals surface area contributed by atoms with E-state index in [1.165, 1.54) is 0 Å². The number of benzene rings is 2. The van der Waals surface area contributed by atoms with E-state index in [-0.39, 0.29) is 10.8 Å². The first-order chi connectivity index (χ1) is 13.4. The molecule has 7 heteroatoms. The van der Waals surface area contributed by atoms with Crippen molar-refractivity contribution >= 4 is 21.6 Å². The highest BCUT2D eigenvalue weighted by atomic mass is 32.2. The summed E-state index contributed by atoms with van der Waals surface area (Å²) >= 11 is 0. The summed E-state index contributed by atoms with van der Waals surface area (Å²) in [5.41, 5.74) is 1.85. The number of anilines is 1. The lowest BCUT2D eigenvalue weighted by atomic mass is 10.2. The van der Waals surface area contributed by atoms with Crippen molar-refractivity contribution in [2.24, 2.45) is 0 Å². The molecule has 28 heavy (non-hydrogen) atoms. The number of sulfonamides is 1. The van der Waals surface area contributed by atoms with Crippen LogP contribution < -0.4 is 10.0 Å². The number of carbonyl (C=O) groups excluding carboxylic acids is 1. The quantitative estimate of drug-likeness (QED) is 0.566. The van der Waals surface area contributed by atoms with Crippen LogP contribution in [0, 0.1) is 6.92 Å². The van der Waals surface area contributed by atoms with Gasteiger partial charge in [0, 0.05) is 24.2 Å². The molecule has 0 saturated carbocycles. The Kier molecular flexibility index (Phi) is 6.16. The minimum absolute atomic E-state index is 0.191. The van der Waals surface area contributed by atoms with Crippen molar-refractivity contribution in [2.75, 3.05) is 11.3 Å². The number of carbonyl (C=O) groups is 1. The number of aryl methyl sites for hydroxylation is 2. The Bertz CT molecular complexity index is 1010. The van der Waals surface area contributed by atoms with Crippen molar-refractivity contribution in [1.29, 1.82) is 0 Å². The number of furan rings is 1. The van der Waals surface area contributed by atoms with Crippen LogP contribution in [0.5, 0.6) is 0 Å². The fraction of sp³-hybridized carbons (Fsp3) is 0.190. The molecule has 1 heterocycles. The monoisotopic (exact) mass is 398 g/mol. The molecule has 146 valence electrons. The van der Waals surface area contributed by atoms with E-state index in [0.717, 1.165) is 24.2 Å². The van der Waals surface area contributed by atoms with Gasteiger partial charge in [0.05, 0.1) is 11.2 Å². The first kappa shape index (κ1) is 19.7. The summed E-state index contributed by atoms with van der Waals surface area (Å²) in [5, 5.41) is 2.84. The second kappa shape index (κ2) is 8.75. The van der Waals surface area contributed by atoms with Gasteiger partial charge in [-0.25, -0.2) is 8.42 Å². The summed E-state index contributed by atoms with van der Waals surface area (Å²) in [6.07, 6.45) is 3.16. The van der Waals surface area contributed by atoms with Gasteiger partial charge in [0.25, 0.3) is 15.9 Å². The number of hydrogen-bond acceptors (Lipinski definition) is 4. The Morgan fingerprint density at radius 1 is 1.00 bits per heavy atom. The zero-order valence-corrected chi connectivity index (χ0v) is 16.3. The molecule has 0 aliphatic heterocycles. The Labute approximate surface area is 164 Å². The molecule has 2 N–H and O–H groups in total. The van der Waals surface area contributed by atoms with Gasteiger partial charge in [-0.1, -0.05) is 17.7 Å². The molecule has 0 aliphatic carbocycles. The fourth-order valence-electron chi connectivity index (χ4n) is 2.64. The van der Waals surface area contributed by atoms with Crippen LogP contribution in [0.1, 0.15) is 28.1 Å². The average molecular weight is 398 g/mol. The van der Waals surface area contributed by atoms with Crippen molar-refractivity contribution in [3.8, 4) is 0 Å². The average Bonchev–Trinajstić information content (AvgIpc) is 3.19. The van der Waals surface area contributed by atoms with Crippen molar-refractivity contribution in [3.05, 3.63) is 83.8 Å². The molecule has 0 aliphatic rings. The number of hydrogen-bond donors (Lipinski definition) is 2. The predicted octanol–water partition coefficient (Wildman–Crippen LogP) is 3.75. The van der Waals surface area contributed by atoms with E-state index in [1.807, 2.05) is 19.1 Å². The second-order valence-corrected chi connectivity index (χ2v) is 8.12. The van der Waals surface area contributed by atoms with Gasteiger partial charge in [-0.2, -0.15) is 0 Å². The minimum atomic E-state index is -3.66. The van der Waals surface area contributed by atoms with Crippen LogP contribution in [0.4, 0.5) is 5.69 Å². The van der Waals surface area contributed by atoms with Gasteiger partial charge in [0.15, 0.2) is 0 Å². The zero-order chi connectivity index (χ0) is 20.0. The first-order valence-corrected chi connectivity index (χ1v) is 10.4. The van der Waals surface area contributed by atoms with Crippen LogP contribution in [0.3, 0.4) is 0 Å². The standard InChI is InChI=1S/C21H22N2O4S/c1-16-6-12-20(13-7-16)28(25,26)23-18-10-8-17(9-11-18)21(24)22-14-2-4-19-5-3-15-27-19/h3,5-13,15,23H,2,4,14H2,1H3,(H,22,24). The van der Waals surface area contributed by atoms with Crippen LogP contribution in [-0.2, 0) is 16.4 Å². The van der Waals surface area contributed by atoms with E-state index in [1.54, 1.807) is 54.8 Å². The third kappa shape index (κ3) is 5.23. The molecule has 0 unspecified atom stereocenters. The van der Waals surface area contributed by atoms with E-state index in [9.17, 15) is 13.2 Å². The summed E-state index contributed by atoms with van der Waals surface area (Å²) in [4.78, 5) is 12.4. The van der Waals surface area contributed by atoms with E-state index in [4.69, 9.17) is 4.42 Å². The molecule has 3 aromatic rings. The molecule has 0 spiro atoms. The SMILES string of the molecule is Cc1ccc(S(=O)(=O)Nc2ccc(C(=O)NCCCc3ccco3)cc2)cc1. The molecule has 3 rings (SSSR count). The molecule has 0 fully saturated rings. The molecule has 0 bridgehead atoms. The lowest BCUT2D eigenvalue weighted by molar-refractivity contribution is 0.0953. The summed E-state index contributed by atoms with van der Waals surface area (Å²) in [6.45, 7) is 2.42. The van der Waals surface area contributed by atoms with Gasteiger partial charge in [-0.05, 0) is 61.9 Å². The first-order valence-electron chi connectivity index (χ1n) is 8.94. The third-order valence-electron chi connectivity index (χ3n) is 4.20. The Balaban J connectivity index is 1.53. The maximum Gasteiger partial charge on any atom is 0.261 e. The molecular weight excluding hydrogens is 376 g/mol. The summed E-state index contributed by atoms with van der Waals surface area (Å²) in [5.74, 6) is 0.687. The van der Waals surface area contributed by atoms with Crippen molar-refractivity contribution < 1.29 is 17.6 Å². The van der Waals surface area contributed by atoms with Crippen molar-refractivity contribution in [3.63, 3.8) is 0 Å². The van der Waals surface area contributed by atoms with Gasteiger partial charge in [0.1, 0.15) is 5.76 Å². The molecule has 1 amide bonds. The van der Waals surface area contributed by atoms with E-state index in [2.05, 4.69) is 10.0 Å². The van der Waals surface area contributed by atoms with Gasteiger partial charge in [-0.3, -0.25) is 9.52 Å². The largest absolute Gasteiger partial charge is 0.469 e. The number of amides is 1. The molecular formula is C21H22N2O4S. The Morgan fingerprint density at radius 2 is 1.71 bits per heavy atom. The molecule has 0 atom stereocenters. The van der Waals surface area contributed by atoms with Crippen molar-refractivity contribution in [2.45, 2.75) is 24.7 Å². The highest BCUT2D eigenvalue weighted by Gasteiger charge is 2.14. The third-order valence-corrected chi connectivity index (χ3v) is 5.59. The molecule has 6 nitrogen and oxygen atoms in total.